The van der Waals surface area contributed by atoms with Crippen molar-refractivity contribution < 1.29 is 9.53 Å². The maximum absolute atomic E-state index is 11.5. The molecule has 0 radical (unpaired) electrons. The van der Waals surface area contributed by atoms with E-state index in [0.29, 0.717) is 13.2 Å². The van der Waals surface area contributed by atoms with E-state index in [4.69, 9.17) is 10.5 Å². The van der Waals surface area contributed by atoms with E-state index in [2.05, 4.69) is 26.1 Å². The molecule has 0 aromatic rings. The molecule has 0 aromatic carbocycles. The van der Waals surface area contributed by atoms with Gasteiger partial charge in [0, 0.05) is 12.6 Å². The van der Waals surface area contributed by atoms with Crippen molar-refractivity contribution in [3.05, 3.63) is 0 Å². The third kappa shape index (κ3) is 4.84. The predicted octanol–water partition coefficient (Wildman–Crippen LogP) is 2.67. The number of ether oxygens (including phenoxy) is 1. The molecular formula is C14H28N2O2. The van der Waals surface area contributed by atoms with Gasteiger partial charge in [-0.15, -0.1) is 0 Å². The first-order chi connectivity index (χ1) is 8.26. The highest BCUT2D eigenvalue weighted by Crippen LogP contribution is 2.45. The molecule has 0 heterocycles. The summed E-state index contributed by atoms with van der Waals surface area (Å²) in [4.78, 5) is 11.5. The van der Waals surface area contributed by atoms with E-state index in [-0.39, 0.29) is 23.0 Å². The number of nitrogens with one attached hydrogen (secondary N) is 1. The quantitative estimate of drug-likeness (QED) is 0.812. The summed E-state index contributed by atoms with van der Waals surface area (Å²) in [6.45, 7) is 9.81. The fourth-order valence-corrected chi connectivity index (χ4v) is 3.38. The standard InChI is InChI=1S/C14H28N2O2/c1-5-6-18-12(17)16-10-14(4)8-11(15)7-13(2,3)9-14/h11H,5-10,15H2,1-4H3,(H,16,17). The second kappa shape index (κ2) is 5.91. The summed E-state index contributed by atoms with van der Waals surface area (Å²) in [5.74, 6) is 0. The highest BCUT2D eigenvalue weighted by molar-refractivity contribution is 5.67. The summed E-state index contributed by atoms with van der Waals surface area (Å²) >= 11 is 0. The minimum atomic E-state index is -0.310. The summed E-state index contributed by atoms with van der Waals surface area (Å²) < 4.78 is 5.02. The number of rotatable bonds is 4. The van der Waals surface area contributed by atoms with Gasteiger partial charge in [-0.25, -0.2) is 4.79 Å². The zero-order valence-corrected chi connectivity index (χ0v) is 12.2. The highest BCUT2D eigenvalue weighted by atomic mass is 16.5. The monoisotopic (exact) mass is 256 g/mol. The van der Waals surface area contributed by atoms with Gasteiger partial charge in [0.2, 0.25) is 0 Å². The Hall–Kier alpha value is -0.770. The van der Waals surface area contributed by atoms with Crippen molar-refractivity contribution in [2.24, 2.45) is 16.6 Å². The highest BCUT2D eigenvalue weighted by Gasteiger charge is 2.40. The Morgan fingerprint density at radius 3 is 2.61 bits per heavy atom. The summed E-state index contributed by atoms with van der Waals surface area (Å²) in [5, 5.41) is 2.87. The molecule has 0 aromatic heterocycles. The Labute approximate surface area is 111 Å². The Kier molecular flexibility index (Phi) is 5.02. The van der Waals surface area contributed by atoms with Gasteiger partial charge in [0.25, 0.3) is 0 Å². The van der Waals surface area contributed by atoms with Crippen molar-refractivity contribution in [1.29, 1.82) is 0 Å². The Morgan fingerprint density at radius 1 is 1.39 bits per heavy atom. The molecule has 1 rings (SSSR count). The largest absolute Gasteiger partial charge is 0.450 e. The number of carbonyl (C=O) groups is 1. The molecule has 1 aliphatic carbocycles. The van der Waals surface area contributed by atoms with Gasteiger partial charge in [0.15, 0.2) is 0 Å². The maximum atomic E-state index is 11.5. The van der Waals surface area contributed by atoms with E-state index in [0.717, 1.165) is 25.7 Å². The van der Waals surface area contributed by atoms with Crippen LogP contribution in [0.1, 0.15) is 53.4 Å². The predicted molar refractivity (Wildman–Crippen MR) is 73.4 cm³/mol. The Bertz CT molecular complexity index is 292. The van der Waals surface area contributed by atoms with E-state index < -0.39 is 0 Å². The first-order valence-corrected chi connectivity index (χ1v) is 6.93. The molecule has 0 saturated heterocycles. The Morgan fingerprint density at radius 2 is 2.06 bits per heavy atom. The molecule has 2 atom stereocenters. The average Bonchev–Trinajstić information content (AvgIpc) is 2.20. The third-order valence-electron chi connectivity index (χ3n) is 3.57. The fraction of sp³-hybridized carbons (Fsp3) is 0.929. The number of nitrogens with two attached hydrogens (primary N) is 1. The van der Waals surface area contributed by atoms with Crippen LogP contribution in [-0.2, 0) is 4.74 Å². The van der Waals surface area contributed by atoms with Crippen molar-refractivity contribution in [2.45, 2.75) is 59.4 Å². The van der Waals surface area contributed by atoms with Crippen LogP contribution in [0.2, 0.25) is 0 Å². The topological polar surface area (TPSA) is 64.3 Å². The number of carbonyl (C=O) groups excluding carboxylic acids is 1. The van der Waals surface area contributed by atoms with Gasteiger partial charge in [-0.1, -0.05) is 27.7 Å². The van der Waals surface area contributed by atoms with E-state index in [1.165, 1.54) is 0 Å². The lowest BCUT2D eigenvalue weighted by molar-refractivity contribution is 0.0778. The minimum absolute atomic E-state index is 0.0758. The van der Waals surface area contributed by atoms with Crippen LogP contribution in [-0.4, -0.2) is 25.3 Å². The van der Waals surface area contributed by atoms with E-state index >= 15 is 0 Å². The van der Waals surface area contributed by atoms with Crippen molar-refractivity contribution >= 4 is 6.09 Å². The molecule has 1 saturated carbocycles. The van der Waals surface area contributed by atoms with Crippen LogP contribution in [0.3, 0.4) is 0 Å². The van der Waals surface area contributed by atoms with Gasteiger partial charge in [0.1, 0.15) is 0 Å². The average molecular weight is 256 g/mol. The van der Waals surface area contributed by atoms with Crippen molar-refractivity contribution in [1.82, 2.24) is 5.32 Å². The molecule has 1 amide bonds. The fourth-order valence-electron chi connectivity index (χ4n) is 3.38. The van der Waals surface area contributed by atoms with Crippen LogP contribution in [0.25, 0.3) is 0 Å². The van der Waals surface area contributed by atoms with Gasteiger partial charge in [-0.2, -0.15) is 0 Å². The summed E-state index contributed by atoms with van der Waals surface area (Å²) in [7, 11) is 0. The number of hydrogen-bond donors (Lipinski definition) is 2. The molecule has 0 spiro atoms. The van der Waals surface area contributed by atoms with Crippen LogP contribution >= 0.6 is 0 Å². The molecule has 18 heavy (non-hydrogen) atoms. The molecule has 106 valence electrons. The summed E-state index contributed by atoms with van der Waals surface area (Å²) in [6.07, 6.45) is 3.65. The SMILES string of the molecule is CCCOC(=O)NCC1(C)CC(N)CC(C)(C)C1. The zero-order chi connectivity index (χ0) is 13.8. The lowest BCUT2D eigenvalue weighted by atomic mass is 9.63. The van der Waals surface area contributed by atoms with Gasteiger partial charge in [-0.3, -0.25) is 0 Å². The second-order valence-corrected chi connectivity index (χ2v) is 6.81. The smallest absolute Gasteiger partial charge is 0.407 e. The van der Waals surface area contributed by atoms with Gasteiger partial charge in [-0.05, 0) is 36.5 Å². The lowest BCUT2D eigenvalue weighted by Gasteiger charge is -2.45. The van der Waals surface area contributed by atoms with Crippen LogP contribution in [0, 0.1) is 10.8 Å². The molecule has 1 fully saturated rings. The molecule has 4 heteroatoms. The van der Waals surface area contributed by atoms with Gasteiger partial charge < -0.3 is 15.8 Å². The van der Waals surface area contributed by atoms with Crippen LogP contribution in [0.4, 0.5) is 4.79 Å². The number of amides is 1. The molecular weight excluding hydrogens is 228 g/mol. The van der Waals surface area contributed by atoms with Crippen LogP contribution in [0.15, 0.2) is 0 Å². The van der Waals surface area contributed by atoms with Crippen LogP contribution < -0.4 is 11.1 Å². The van der Waals surface area contributed by atoms with E-state index in [1.807, 2.05) is 6.92 Å². The summed E-state index contributed by atoms with van der Waals surface area (Å²) in [6, 6.07) is 0.229. The van der Waals surface area contributed by atoms with Crippen LogP contribution in [0.5, 0.6) is 0 Å². The third-order valence-corrected chi connectivity index (χ3v) is 3.57. The van der Waals surface area contributed by atoms with E-state index in [9.17, 15) is 4.79 Å². The Balaban J connectivity index is 2.46. The number of alkyl carbamates (subject to hydrolysis) is 1. The summed E-state index contributed by atoms with van der Waals surface area (Å²) in [5.41, 5.74) is 6.46. The van der Waals surface area contributed by atoms with Crippen molar-refractivity contribution in [3.63, 3.8) is 0 Å². The molecule has 0 aliphatic heterocycles. The lowest BCUT2D eigenvalue weighted by Crippen LogP contribution is -2.47. The second-order valence-electron chi connectivity index (χ2n) is 6.81. The number of hydrogen-bond acceptors (Lipinski definition) is 3. The molecule has 1 aliphatic rings. The van der Waals surface area contributed by atoms with Crippen molar-refractivity contribution in [2.75, 3.05) is 13.2 Å². The zero-order valence-electron chi connectivity index (χ0n) is 12.2. The first-order valence-electron chi connectivity index (χ1n) is 6.93. The molecule has 4 nitrogen and oxygen atoms in total. The normalized spacial score (nSPS) is 30.8. The molecule has 2 unspecified atom stereocenters. The van der Waals surface area contributed by atoms with Gasteiger partial charge >= 0.3 is 6.09 Å². The molecule has 3 N–H and O–H groups in total. The van der Waals surface area contributed by atoms with E-state index in [1.54, 1.807) is 0 Å². The maximum Gasteiger partial charge on any atom is 0.407 e. The van der Waals surface area contributed by atoms with Gasteiger partial charge in [0.05, 0.1) is 6.61 Å². The minimum Gasteiger partial charge on any atom is -0.450 e. The van der Waals surface area contributed by atoms with Crippen molar-refractivity contribution in [3.8, 4) is 0 Å². The first kappa shape index (κ1) is 15.3. The molecule has 0 bridgehead atoms.